The highest BCUT2D eigenvalue weighted by molar-refractivity contribution is 5.79. The molecule has 2 aromatic carbocycles. The highest BCUT2D eigenvalue weighted by atomic mass is 16.5. The van der Waals surface area contributed by atoms with E-state index in [9.17, 15) is 4.79 Å². The van der Waals surface area contributed by atoms with Crippen LogP contribution < -0.4 is 5.32 Å². The molecular formula is C28H32N6O2. The zero-order valence-corrected chi connectivity index (χ0v) is 20.9. The number of nitrogens with one attached hydrogen (secondary N) is 1. The van der Waals surface area contributed by atoms with Crippen LogP contribution in [0.25, 0.3) is 11.4 Å². The highest BCUT2D eigenvalue weighted by Gasteiger charge is 2.26. The third kappa shape index (κ3) is 5.88. The van der Waals surface area contributed by atoms with Crippen molar-refractivity contribution in [3.63, 3.8) is 0 Å². The van der Waals surface area contributed by atoms with Gasteiger partial charge in [0, 0.05) is 37.6 Å². The summed E-state index contributed by atoms with van der Waals surface area (Å²) in [5, 5.41) is 7.28. The van der Waals surface area contributed by atoms with E-state index in [1.165, 1.54) is 11.1 Å². The lowest BCUT2D eigenvalue weighted by atomic mass is 9.97. The summed E-state index contributed by atoms with van der Waals surface area (Å²) in [6.07, 6.45) is 5.65. The van der Waals surface area contributed by atoms with Crippen molar-refractivity contribution >= 4 is 5.91 Å². The van der Waals surface area contributed by atoms with Crippen LogP contribution in [0.2, 0.25) is 0 Å². The van der Waals surface area contributed by atoms with Crippen molar-refractivity contribution in [1.82, 2.24) is 29.9 Å². The van der Waals surface area contributed by atoms with E-state index in [0.717, 1.165) is 42.9 Å². The van der Waals surface area contributed by atoms with Crippen LogP contribution in [-0.2, 0) is 24.4 Å². The molecule has 1 aliphatic rings. The molecule has 0 bridgehead atoms. The van der Waals surface area contributed by atoms with Crippen molar-refractivity contribution in [2.75, 3.05) is 13.1 Å². The van der Waals surface area contributed by atoms with Gasteiger partial charge in [-0.25, -0.2) is 4.98 Å². The van der Waals surface area contributed by atoms with E-state index >= 15 is 0 Å². The minimum Gasteiger partial charge on any atom is -0.352 e. The first-order valence-electron chi connectivity index (χ1n) is 12.5. The van der Waals surface area contributed by atoms with E-state index < -0.39 is 0 Å². The zero-order valence-electron chi connectivity index (χ0n) is 20.9. The molecule has 1 saturated heterocycles. The van der Waals surface area contributed by atoms with Crippen LogP contribution in [0.3, 0.4) is 0 Å². The van der Waals surface area contributed by atoms with Crippen LogP contribution in [0.1, 0.15) is 41.2 Å². The summed E-state index contributed by atoms with van der Waals surface area (Å²) in [5.41, 5.74) is 4.42. The molecule has 186 valence electrons. The van der Waals surface area contributed by atoms with Gasteiger partial charge in [-0.15, -0.1) is 0 Å². The number of nitrogens with zero attached hydrogens (tertiary/aromatic N) is 5. The van der Waals surface area contributed by atoms with Gasteiger partial charge in [0.1, 0.15) is 5.82 Å². The molecule has 1 N–H and O–H groups in total. The van der Waals surface area contributed by atoms with Gasteiger partial charge in [0.15, 0.2) is 0 Å². The summed E-state index contributed by atoms with van der Waals surface area (Å²) in [6, 6.07) is 16.4. The Morgan fingerprint density at radius 1 is 1.11 bits per heavy atom. The molecular weight excluding hydrogens is 452 g/mol. The first-order valence-corrected chi connectivity index (χ1v) is 12.5. The zero-order chi connectivity index (χ0) is 24.9. The molecule has 2 aromatic heterocycles. The molecule has 1 aliphatic heterocycles. The van der Waals surface area contributed by atoms with Gasteiger partial charge in [-0.3, -0.25) is 9.69 Å². The fourth-order valence-corrected chi connectivity index (χ4v) is 4.68. The maximum atomic E-state index is 13.0. The first kappa shape index (κ1) is 23.9. The predicted molar refractivity (Wildman–Crippen MR) is 137 cm³/mol. The van der Waals surface area contributed by atoms with Gasteiger partial charge in [0.2, 0.25) is 17.6 Å². The first-order chi connectivity index (χ1) is 17.5. The number of amides is 1. The second-order valence-electron chi connectivity index (χ2n) is 9.59. The van der Waals surface area contributed by atoms with Crippen LogP contribution >= 0.6 is 0 Å². The molecule has 8 nitrogen and oxygen atoms in total. The van der Waals surface area contributed by atoms with Crippen LogP contribution in [0, 0.1) is 19.8 Å². The van der Waals surface area contributed by atoms with E-state index in [1.54, 1.807) is 0 Å². The van der Waals surface area contributed by atoms with Crippen molar-refractivity contribution in [2.24, 2.45) is 5.92 Å². The molecule has 0 radical (unpaired) electrons. The maximum Gasteiger partial charge on any atom is 0.241 e. The monoisotopic (exact) mass is 484 g/mol. The topological polar surface area (TPSA) is 89.1 Å². The lowest BCUT2D eigenvalue weighted by molar-refractivity contribution is -0.127. The molecule has 0 aliphatic carbocycles. The van der Waals surface area contributed by atoms with Gasteiger partial charge in [0.25, 0.3) is 0 Å². The van der Waals surface area contributed by atoms with Gasteiger partial charge in [0.05, 0.1) is 12.5 Å². The van der Waals surface area contributed by atoms with Crippen molar-refractivity contribution in [3.8, 4) is 11.4 Å². The number of carbonyl (C=O) groups is 1. The number of aromatic nitrogens is 4. The molecule has 36 heavy (non-hydrogen) atoms. The van der Waals surface area contributed by atoms with Crippen LogP contribution in [0.5, 0.6) is 0 Å². The van der Waals surface area contributed by atoms with Gasteiger partial charge in [-0.2, -0.15) is 4.98 Å². The lowest BCUT2D eigenvalue weighted by Crippen LogP contribution is -2.42. The summed E-state index contributed by atoms with van der Waals surface area (Å²) in [7, 11) is 0. The third-order valence-corrected chi connectivity index (χ3v) is 6.75. The minimum absolute atomic E-state index is 0.0463. The van der Waals surface area contributed by atoms with Crippen molar-refractivity contribution in [3.05, 3.63) is 89.3 Å². The van der Waals surface area contributed by atoms with Gasteiger partial charge < -0.3 is 14.4 Å². The minimum atomic E-state index is -0.0463. The SMILES string of the molecule is Cc1ccc(-c2noc(CN3CCCC(C(=O)NCc4cccc(Cn5ccnc5C)c4)C3)n2)cc1. The fourth-order valence-electron chi connectivity index (χ4n) is 4.68. The second-order valence-corrected chi connectivity index (χ2v) is 9.59. The molecule has 5 rings (SSSR count). The van der Waals surface area contributed by atoms with E-state index in [1.807, 2.05) is 49.6 Å². The Kier molecular flexibility index (Phi) is 7.23. The second kappa shape index (κ2) is 10.9. The molecule has 1 atom stereocenters. The summed E-state index contributed by atoms with van der Waals surface area (Å²) in [5.74, 6) is 2.22. The summed E-state index contributed by atoms with van der Waals surface area (Å²) >= 11 is 0. The molecule has 0 saturated carbocycles. The number of piperidine rings is 1. The van der Waals surface area contributed by atoms with Crippen molar-refractivity contribution in [2.45, 2.75) is 46.3 Å². The normalized spacial score (nSPS) is 16.2. The molecule has 3 heterocycles. The number of hydrogen-bond donors (Lipinski definition) is 1. The smallest absolute Gasteiger partial charge is 0.241 e. The van der Waals surface area contributed by atoms with Crippen LogP contribution in [0.4, 0.5) is 0 Å². The fraction of sp³-hybridized carbons (Fsp3) is 0.357. The Balaban J connectivity index is 1.13. The molecule has 8 heteroatoms. The molecule has 1 amide bonds. The van der Waals surface area contributed by atoms with E-state index in [0.29, 0.717) is 31.3 Å². The number of rotatable bonds is 8. The Bertz CT molecular complexity index is 1310. The highest BCUT2D eigenvalue weighted by Crippen LogP contribution is 2.21. The standard InChI is InChI=1S/C28H32N6O2/c1-20-8-10-24(11-9-20)27-31-26(36-32-27)19-33-13-4-7-25(18-33)28(35)30-16-22-5-3-6-23(15-22)17-34-14-12-29-21(34)2/h3,5-6,8-12,14-15,25H,4,7,13,16-19H2,1-2H3,(H,30,35). The Hall–Kier alpha value is -3.78. The number of benzene rings is 2. The van der Waals surface area contributed by atoms with Crippen molar-refractivity contribution < 1.29 is 9.32 Å². The number of likely N-dealkylation sites (tertiary alicyclic amines) is 1. The van der Waals surface area contributed by atoms with Crippen molar-refractivity contribution in [1.29, 1.82) is 0 Å². The lowest BCUT2D eigenvalue weighted by Gasteiger charge is -2.30. The molecule has 4 aromatic rings. The number of carbonyl (C=O) groups excluding carboxylic acids is 1. The van der Waals surface area contributed by atoms with Gasteiger partial charge >= 0.3 is 0 Å². The van der Waals surface area contributed by atoms with E-state index in [4.69, 9.17) is 4.52 Å². The molecule has 1 fully saturated rings. The predicted octanol–water partition coefficient (Wildman–Crippen LogP) is 4.13. The van der Waals surface area contributed by atoms with E-state index in [-0.39, 0.29) is 11.8 Å². The molecule has 1 unspecified atom stereocenters. The largest absolute Gasteiger partial charge is 0.352 e. The van der Waals surface area contributed by atoms with Crippen LogP contribution in [0.15, 0.2) is 65.4 Å². The summed E-state index contributed by atoms with van der Waals surface area (Å²) in [6.45, 7) is 7.50. The average molecular weight is 485 g/mol. The third-order valence-electron chi connectivity index (χ3n) is 6.75. The molecule has 0 spiro atoms. The average Bonchev–Trinajstić information content (AvgIpc) is 3.52. The maximum absolute atomic E-state index is 13.0. The van der Waals surface area contributed by atoms with Gasteiger partial charge in [-0.05, 0) is 44.4 Å². The summed E-state index contributed by atoms with van der Waals surface area (Å²) in [4.78, 5) is 24.1. The number of aryl methyl sites for hydroxylation is 2. The number of imidazole rings is 1. The Morgan fingerprint density at radius 2 is 1.94 bits per heavy atom. The Labute approximate surface area is 211 Å². The quantitative estimate of drug-likeness (QED) is 0.405. The van der Waals surface area contributed by atoms with Crippen LogP contribution in [-0.4, -0.2) is 43.6 Å². The van der Waals surface area contributed by atoms with Gasteiger partial charge in [-0.1, -0.05) is 59.3 Å². The summed E-state index contributed by atoms with van der Waals surface area (Å²) < 4.78 is 7.61. The number of hydrogen-bond acceptors (Lipinski definition) is 6. The van der Waals surface area contributed by atoms with E-state index in [2.05, 4.69) is 55.0 Å². The Morgan fingerprint density at radius 3 is 2.75 bits per heavy atom.